The standard InChI is InChI=1S/C30H41N5O4/c1-18(2)26-27(36)32-19(3)28(37)35-15-7-8-24(34-35)29(38)39-20(4)23-12-11-22-10-9-21(16-25(22)33-23)13-14-30(5,6)17-31-26/h9-14,16,18-20,24,26,31,34H,7-8,15,17H2,1-6H3,(H,32,36)/b14-13+/t19-,20+,24-,26?/m0/s1. The normalized spacial score (nSPS) is 27.8. The second-order valence-electron chi connectivity index (χ2n) is 11.7. The first-order valence-electron chi connectivity index (χ1n) is 13.9. The molecule has 3 heterocycles. The zero-order chi connectivity index (χ0) is 28.3. The topological polar surface area (TPSA) is 113 Å². The predicted molar refractivity (Wildman–Crippen MR) is 151 cm³/mol. The molecule has 0 aliphatic carbocycles. The number of amides is 2. The number of ether oxygens (including phenoxy) is 1. The zero-order valence-corrected chi connectivity index (χ0v) is 23.8. The second kappa shape index (κ2) is 11.8. The van der Waals surface area contributed by atoms with Gasteiger partial charge in [0, 0.05) is 18.5 Å². The van der Waals surface area contributed by atoms with E-state index in [1.165, 1.54) is 5.01 Å². The van der Waals surface area contributed by atoms with Gasteiger partial charge in [0.25, 0.3) is 5.91 Å². The Morgan fingerprint density at radius 2 is 1.85 bits per heavy atom. The Morgan fingerprint density at radius 3 is 2.59 bits per heavy atom. The molecule has 9 heteroatoms. The number of hydrogen-bond acceptors (Lipinski definition) is 7. The number of hydrazine groups is 1. The van der Waals surface area contributed by atoms with E-state index in [4.69, 9.17) is 9.72 Å². The van der Waals surface area contributed by atoms with E-state index in [2.05, 4.69) is 42.1 Å². The van der Waals surface area contributed by atoms with Crippen molar-refractivity contribution in [2.45, 2.75) is 78.6 Å². The molecule has 0 spiro atoms. The lowest BCUT2D eigenvalue weighted by atomic mass is 9.90. The summed E-state index contributed by atoms with van der Waals surface area (Å²) in [5.41, 5.74) is 5.26. The van der Waals surface area contributed by atoms with Gasteiger partial charge in [-0.05, 0) is 55.7 Å². The molecular formula is C30H41N5O4. The number of pyridine rings is 1. The molecule has 5 bridgehead atoms. The highest BCUT2D eigenvalue weighted by Crippen LogP contribution is 2.24. The molecule has 3 N–H and O–H groups in total. The molecule has 0 saturated carbocycles. The Labute approximate surface area is 230 Å². The quantitative estimate of drug-likeness (QED) is 0.479. The van der Waals surface area contributed by atoms with E-state index in [1.54, 1.807) is 13.8 Å². The number of carbonyl (C=O) groups excluding carboxylic acids is 3. The van der Waals surface area contributed by atoms with Crippen molar-refractivity contribution >= 4 is 34.8 Å². The Kier molecular flexibility index (Phi) is 8.71. The number of benzene rings is 1. The van der Waals surface area contributed by atoms with Crippen molar-refractivity contribution in [1.82, 2.24) is 26.1 Å². The number of rotatable bonds is 1. The number of nitrogens with one attached hydrogen (secondary N) is 3. The third-order valence-electron chi connectivity index (χ3n) is 7.37. The maximum atomic E-state index is 13.2. The fourth-order valence-corrected chi connectivity index (χ4v) is 4.90. The number of fused-ring (bicyclic) bond motifs is 4. The summed E-state index contributed by atoms with van der Waals surface area (Å²) in [5, 5.41) is 8.71. The van der Waals surface area contributed by atoms with E-state index >= 15 is 0 Å². The summed E-state index contributed by atoms with van der Waals surface area (Å²) in [4.78, 5) is 44.2. The van der Waals surface area contributed by atoms with Crippen LogP contribution in [0.2, 0.25) is 0 Å². The number of hydrogen-bond donors (Lipinski definition) is 3. The summed E-state index contributed by atoms with van der Waals surface area (Å²) in [6.45, 7) is 12.7. The average Bonchev–Trinajstić information content (AvgIpc) is 2.90. The molecule has 2 aliphatic rings. The van der Waals surface area contributed by atoms with Crippen LogP contribution >= 0.6 is 0 Å². The molecule has 2 amide bonds. The molecule has 1 aromatic heterocycles. The van der Waals surface area contributed by atoms with Gasteiger partial charge in [-0.3, -0.25) is 19.4 Å². The van der Waals surface area contributed by atoms with E-state index in [-0.39, 0.29) is 23.1 Å². The Balaban J connectivity index is 1.67. The van der Waals surface area contributed by atoms with E-state index in [1.807, 2.05) is 44.2 Å². The van der Waals surface area contributed by atoms with Crippen LogP contribution in [0.1, 0.15) is 71.7 Å². The molecule has 1 unspecified atom stereocenters. The molecular weight excluding hydrogens is 494 g/mol. The van der Waals surface area contributed by atoms with Gasteiger partial charge >= 0.3 is 5.97 Å². The fourth-order valence-electron chi connectivity index (χ4n) is 4.90. The van der Waals surface area contributed by atoms with Crippen molar-refractivity contribution < 1.29 is 19.1 Å². The summed E-state index contributed by atoms with van der Waals surface area (Å²) >= 11 is 0. The van der Waals surface area contributed by atoms with Crippen LogP contribution in [0.3, 0.4) is 0 Å². The highest BCUT2D eigenvalue weighted by molar-refractivity contribution is 5.90. The monoisotopic (exact) mass is 535 g/mol. The first-order chi connectivity index (χ1) is 18.4. The van der Waals surface area contributed by atoms with Crippen molar-refractivity contribution in [3.8, 4) is 0 Å². The van der Waals surface area contributed by atoms with Gasteiger partial charge in [0.1, 0.15) is 18.2 Å². The third-order valence-corrected chi connectivity index (χ3v) is 7.37. The van der Waals surface area contributed by atoms with Crippen molar-refractivity contribution in [3.05, 3.63) is 47.7 Å². The molecule has 4 atom stereocenters. The van der Waals surface area contributed by atoms with E-state index < -0.39 is 30.2 Å². The summed E-state index contributed by atoms with van der Waals surface area (Å²) in [6.07, 6.45) is 4.82. The number of esters is 1. The average molecular weight is 536 g/mol. The summed E-state index contributed by atoms with van der Waals surface area (Å²) in [5.74, 6) is -0.942. The number of nitrogens with zero attached hydrogens (tertiary/aromatic N) is 2. The molecule has 1 fully saturated rings. The van der Waals surface area contributed by atoms with Crippen LogP contribution in [0.4, 0.5) is 0 Å². The Hall–Kier alpha value is -3.30. The lowest BCUT2D eigenvalue weighted by Crippen LogP contribution is -2.61. The largest absolute Gasteiger partial charge is 0.455 e. The van der Waals surface area contributed by atoms with Gasteiger partial charge in [-0.15, -0.1) is 0 Å². The molecule has 0 radical (unpaired) electrons. The molecule has 2 aliphatic heterocycles. The van der Waals surface area contributed by atoms with Gasteiger partial charge < -0.3 is 15.4 Å². The van der Waals surface area contributed by atoms with Crippen LogP contribution < -0.4 is 16.1 Å². The summed E-state index contributed by atoms with van der Waals surface area (Å²) in [7, 11) is 0. The van der Waals surface area contributed by atoms with Gasteiger partial charge in [0.05, 0.1) is 17.3 Å². The highest BCUT2D eigenvalue weighted by atomic mass is 16.5. The Morgan fingerprint density at radius 1 is 1.10 bits per heavy atom. The predicted octanol–water partition coefficient (Wildman–Crippen LogP) is 3.51. The van der Waals surface area contributed by atoms with Crippen molar-refractivity contribution in [2.24, 2.45) is 11.3 Å². The molecule has 9 nitrogen and oxygen atoms in total. The lowest BCUT2D eigenvalue weighted by molar-refractivity contribution is -0.157. The van der Waals surface area contributed by atoms with Crippen LogP contribution in [-0.4, -0.2) is 59.0 Å². The smallest absolute Gasteiger partial charge is 0.325 e. The minimum absolute atomic E-state index is 0.0173. The van der Waals surface area contributed by atoms with E-state index in [9.17, 15) is 14.4 Å². The molecule has 1 saturated heterocycles. The van der Waals surface area contributed by atoms with Crippen molar-refractivity contribution in [2.75, 3.05) is 13.1 Å². The minimum Gasteiger partial charge on any atom is -0.455 e. The molecule has 210 valence electrons. The van der Waals surface area contributed by atoms with Crippen LogP contribution in [0.25, 0.3) is 17.0 Å². The first kappa shape index (κ1) is 28.7. The molecule has 39 heavy (non-hydrogen) atoms. The Bertz CT molecular complexity index is 1260. The zero-order valence-electron chi connectivity index (χ0n) is 23.8. The van der Waals surface area contributed by atoms with E-state index in [0.717, 1.165) is 16.5 Å². The summed E-state index contributed by atoms with van der Waals surface area (Å²) < 4.78 is 5.77. The molecule has 2 aromatic rings. The van der Waals surface area contributed by atoms with Gasteiger partial charge in [-0.2, -0.15) is 0 Å². The third kappa shape index (κ3) is 7.02. The SMILES string of the molecule is CC(C)C1NCC(C)(C)/C=C/c2ccc3ccc(nc3c2)[C@@H](C)OC(=O)[C@@H]2CCCN(N2)C(=O)[C@H](C)NC1=O. The second-order valence-corrected chi connectivity index (χ2v) is 11.7. The maximum absolute atomic E-state index is 13.2. The van der Waals surface area contributed by atoms with Gasteiger partial charge in [-0.25, -0.2) is 10.4 Å². The van der Waals surface area contributed by atoms with Crippen LogP contribution in [-0.2, 0) is 19.1 Å². The first-order valence-corrected chi connectivity index (χ1v) is 13.9. The minimum atomic E-state index is -0.758. The maximum Gasteiger partial charge on any atom is 0.325 e. The lowest BCUT2D eigenvalue weighted by Gasteiger charge is -2.35. The van der Waals surface area contributed by atoms with E-state index in [0.29, 0.717) is 31.6 Å². The fraction of sp³-hybridized carbons (Fsp3) is 0.533. The van der Waals surface area contributed by atoms with Gasteiger partial charge in [0.2, 0.25) is 5.91 Å². The number of aromatic nitrogens is 1. The van der Waals surface area contributed by atoms with Crippen molar-refractivity contribution in [1.29, 1.82) is 0 Å². The van der Waals surface area contributed by atoms with Gasteiger partial charge in [-0.1, -0.05) is 58.0 Å². The van der Waals surface area contributed by atoms with Gasteiger partial charge in [0.15, 0.2) is 0 Å². The van der Waals surface area contributed by atoms with Crippen LogP contribution in [0.15, 0.2) is 36.4 Å². The van der Waals surface area contributed by atoms with Crippen LogP contribution in [0, 0.1) is 11.3 Å². The number of cyclic esters (lactones) is 1. The molecule has 1 aromatic carbocycles. The van der Waals surface area contributed by atoms with Crippen molar-refractivity contribution in [3.63, 3.8) is 0 Å². The summed E-state index contributed by atoms with van der Waals surface area (Å²) in [6, 6.07) is 8.07. The van der Waals surface area contributed by atoms with Crippen LogP contribution in [0.5, 0.6) is 0 Å². The number of carbonyl (C=O) groups is 3. The highest BCUT2D eigenvalue weighted by Gasteiger charge is 2.34. The molecule has 4 rings (SSSR count).